The van der Waals surface area contributed by atoms with Crippen molar-refractivity contribution >= 4 is 45.0 Å². The highest BCUT2D eigenvalue weighted by atomic mass is 32.2. The summed E-state index contributed by atoms with van der Waals surface area (Å²) in [5, 5.41) is 6.28. The number of hydrogen-bond acceptors (Lipinski definition) is 3. The lowest BCUT2D eigenvalue weighted by Crippen LogP contribution is -2.14. The summed E-state index contributed by atoms with van der Waals surface area (Å²) < 4.78 is 0. The number of rotatable bonds is 4. The Balaban J connectivity index is 1.50. The molecule has 1 N–H and O–H groups in total. The molecule has 3 nitrogen and oxygen atoms in total. The minimum atomic E-state index is -0.0192. The summed E-state index contributed by atoms with van der Waals surface area (Å²) in [6, 6.07) is 24.0. The molecular weight excluding hydrogens is 328 g/mol. The average molecular weight is 344 g/mol. The van der Waals surface area contributed by atoms with Crippen molar-refractivity contribution in [2.24, 2.45) is 0 Å². The normalized spacial score (nSPS) is 10.9. The van der Waals surface area contributed by atoms with Crippen molar-refractivity contribution in [1.29, 1.82) is 0 Å². The van der Waals surface area contributed by atoms with Crippen LogP contribution in [-0.4, -0.2) is 16.6 Å². The zero-order valence-electron chi connectivity index (χ0n) is 13.5. The zero-order chi connectivity index (χ0) is 17.1. The maximum atomic E-state index is 12.4. The van der Waals surface area contributed by atoms with Crippen LogP contribution in [0.15, 0.2) is 83.9 Å². The number of pyridine rings is 1. The SMILES string of the molecule is O=C(CSc1cccc2cccnc12)Nc1cccc2ccccc12. The number of fused-ring (bicyclic) bond motifs is 2. The largest absolute Gasteiger partial charge is 0.325 e. The van der Waals surface area contributed by atoms with Gasteiger partial charge in [0.05, 0.1) is 11.3 Å². The number of nitrogens with zero attached hydrogens (tertiary/aromatic N) is 1. The lowest BCUT2D eigenvalue weighted by atomic mass is 10.1. The Morgan fingerprint density at radius 1 is 0.880 bits per heavy atom. The molecule has 4 rings (SSSR count). The second-order valence-corrected chi connectivity index (χ2v) is 6.71. The second kappa shape index (κ2) is 6.95. The highest BCUT2D eigenvalue weighted by Gasteiger charge is 2.08. The van der Waals surface area contributed by atoms with Gasteiger partial charge in [0, 0.05) is 27.6 Å². The van der Waals surface area contributed by atoms with Gasteiger partial charge in [0.25, 0.3) is 0 Å². The van der Waals surface area contributed by atoms with Gasteiger partial charge in [-0.2, -0.15) is 0 Å². The van der Waals surface area contributed by atoms with E-state index in [9.17, 15) is 4.79 Å². The van der Waals surface area contributed by atoms with Crippen LogP contribution >= 0.6 is 11.8 Å². The van der Waals surface area contributed by atoms with Gasteiger partial charge in [-0.3, -0.25) is 9.78 Å². The minimum Gasteiger partial charge on any atom is -0.325 e. The van der Waals surface area contributed by atoms with E-state index in [0.29, 0.717) is 5.75 Å². The van der Waals surface area contributed by atoms with Gasteiger partial charge in [-0.1, -0.05) is 54.6 Å². The number of amides is 1. The van der Waals surface area contributed by atoms with Crippen molar-refractivity contribution in [3.8, 4) is 0 Å². The fourth-order valence-corrected chi connectivity index (χ4v) is 3.70. The van der Waals surface area contributed by atoms with Gasteiger partial charge >= 0.3 is 0 Å². The number of anilines is 1. The van der Waals surface area contributed by atoms with E-state index in [-0.39, 0.29) is 5.91 Å². The minimum absolute atomic E-state index is 0.0192. The van der Waals surface area contributed by atoms with Crippen molar-refractivity contribution in [3.63, 3.8) is 0 Å². The maximum Gasteiger partial charge on any atom is 0.234 e. The van der Waals surface area contributed by atoms with Gasteiger partial charge in [-0.05, 0) is 23.6 Å². The van der Waals surface area contributed by atoms with Crippen molar-refractivity contribution < 1.29 is 4.79 Å². The first-order chi connectivity index (χ1) is 12.3. The van der Waals surface area contributed by atoms with Gasteiger partial charge in [-0.15, -0.1) is 11.8 Å². The summed E-state index contributed by atoms with van der Waals surface area (Å²) in [6.45, 7) is 0. The van der Waals surface area contributed by atoms with Crippen LogP contribution in [0.2, 0.25) is 0 Å². The maximum absolute atomic E-state index is 12.4. The van der Waals surface area contributed by atoms with Crippen LogP contribution in [0.5, 0.6) is 0 Å². The standard InChI is InChI=1S/C21H16N2OS/c24-20(23-18-11-3-7-15-6-1-2-10-17(15)18)14-25-19-12-4-8-16-9-5-13-22-21(16)19/h1-13H,14H2,(H,23,24). The van der Waals surface area contributed by atoms with Crippen LogP contribution in [0.1, 0.15) is 0 Å². The molecule has 4 heteroatoms. The summed E-state index contributed by atoms with van der Waals surface area (Å²) in [4.78, 5) is 17.9. The first-order valence-electron chi connectivity index (χ1n) is 8.05. The predicted molar refractivity (Wildman–Crippen MR) is 105 cm³/mol. The van der Waals surface area contributed by atoms with E-state index in [1.807, 2.05) is 72.8 Å². The molecule has 1 aromatic heterocycles. The van der Waals surface area contributed by atoms with Crippen LogP contribution in [0.25, 0.3) is 21.7 Å². The van der Waals surface area contributed by atoms with Crippen LogP contribution < -0.4 is 5.32 Å². The summed E-state index contributed by atoms with van der Waals surface area (Å²) in [5.74, 6) is 0.327. The number of benzene rings is 3. The van der Waals surface area contributed by atoms with Crippen LogP contribution in [-0.2, 0) is 4.79 Å². The molecular formula is C21H16N2OS. The molecule has 0 atom stereocenters. The van der Waals surface area contributed by atoms with E-state index in [4.69, 9.17) is 0 Å². The van der Waals surface area contributed by atoms with Gasteiger partial charge in [0.1, 0.15) is 0 Å². The molecule has 25 heavy (non-hydrogen) atoms. The summed E-state index contributed by atoms with van der Waals surface area (Å²) in [7, 11) is 0. The molecule has 0 aliphatic rings. The second-order valence-electron chi connectivity index (χ2n) is 5.69. The molecule has 1 amide bonds. The molecule has 122 valence electrons. The van der Waals surface area contributed by atoms with E-state index >= 15 is 0 Å². The Morgan fingerprint density at radius 2 is 1.64 bits per heavy atom. The lowest BCUT2D eigenvalue weighted by Gasteiger charge is -2.09. The third kappa shape index (κ3) is 3.35. The molecule has 0 fully saturated rings. The molecule has 4 aromatic rings. The average Bonchev–Trinajstić information content (AvgIpc) is 2.66. The molecule has 0 unspecified atom stereocenters. The van der Waals surface area contributed by atoms with E-state index in [2.05, 4.69) is 10.3 Å². The number of aromatic nitrogens is 1. The van der Waals surface area contributed by atoms with Crippen molar-refractivity contribution in [1.82, 2.24) is 4.98 Å². The Hall–Kier alpha value is -2.85. The Kier molecular flexibility index (Phi) is 4.36. The number of para-hydroxylation sites is 1. The highest BCUT2D eigenvalue weighted by Crippen LogP contribution is 2.27. The summed E-state index contributed by atoms with van der Waals surface area (Å²) in [6.07, 6.45) is 1.78. The Bertz CT molecular complexity index is 1050. The molecule has 1 heterocycles. The van der Waals surface area contributed by atoms with Crippen LogP contribution in [0.4, 0.5) is 5.69 Å². The zero-order valence-corrected chi connectivity index (χ0v) is 14.3. The van der Waals surface area contributed by atoms with E-state index < -0.39 is 0 Å². The van der Waals surface area contributed by atoms with Crippen molar-refractivity contribution in [3.05, 3.63) is 79.0 Å². The number of carbonyl (C=O) groups excluding carboxylic acids is 1. The monoisotopic (exact) mass is 344 g/mol. The summed E-state index contributed by atoms with van der Waals surface area (Å²) >= 11 is 1.51. The highest BCUT2D eigenvalue weighted by molar-refractivity contribution is 8.00. The third-order valence-corrected chi connectivity index (χ3v) is 5.07. The van der Waals surface area contributed by atoms with Gasteiger partial charge in [-0.25, -0.2) is 0 Å². The Morgan fingerprint density at radius 3 is 2.60 bits per heavy atom. The van der Waals surface area contributed by atoms with Crippen molar-refractivity contribution in [2.45, 2.75) is 4.90 Å². The Labute approximate surface area is 150 Å². The molecule has 0 saturated carbocycles. The molecule has 0 bridgehead atoms. The molecule has 0 aliphatic heterocycles. The fourth-order valence-electron chi connectivity index (χ4n) is 2.86. The topological polar surface area (TPSA) is 42.0 Å². The third-order valence-electron chi connectivity index (χ3n) is 4.02. The fraction of sp³-hybridized carbons (Fsp3) is 0.0476. The number of nitrogens with one attached hydrogen (secondary N) is 1. The van der Waals surface area contributed by atoms with Crippen molar-refractivity contribution in [2.75, 3.05) is 11.1 Å². The lowest BCUT2D eigenvalue weighted by molar-refractivity contribution is -0.113. The first kappa shape index (κ1) is 15.7. The van der Waals surface area contributed by atoms with E-state index in [1.165, 1.54) is 11.8 Å². The smallest absolute Gasteiger partial charge is 0.234 e. The van der Waals surface area contributed by atoms with E-state index in [0.717, 1.165) is 32.3 Å². The van der Waals surface area contributed by atoms with E-state index in [1.54, 1.807) is 6.20 Å². The molecule has 0 spiro atoms. The molecule has 0 radical (unpaired) electrons. The summed E-state index contributed by atoms with van der Waals surface area (Å²) in [5.41, 5.74) is 1.78. The molecule has 0 saturated heterocycles. The number of hydrogen-bond donors (Lipinski definition) is 1. The quantitative estimate of drug-likeness (QED) is 0.523. The van der Waals surface area contributed by atoms with Gasteiger partial charge in [0.2, 0.25) is 5.91 Å². The number of thioether (sulfide) groups is 1. The van der Waals surface area contributed by atoms with Crippen LogP contribution in [0.3, 0.4) is 0 Å². The predicted octanol–water partition coefficient (Wildman–Crippen LogP) is 5.12. The van der Waals surface area contributed by atoms with Crippen LogP contribution in [0, 0.1) is 0 Å². The molecule has 3 aromatic carbocycles. The molecule has 0 aliphatic carbocycles. The number of carbonyl (C=O) groups is 1. The first-order valence-corrected chi connectivity index (χ1v) is 9.04. The van der Waals surface area contributed by atoms with Gasteiger partial charge < -0.3 is 5.32 Å². The van der Waals surface area contributed by atoms with Gasteiger partial charge in [0.15, 0.2) is 0 Å².